The first kappa shape index (κ1) is 17.2. The van der Waals surface area contributed by atoms with Crippen LogP contribution in [0.4, 0.5) is 25.0 Å². The van der Waals surface area contributed by atoms with Crippen molar-refractivity contribution in [3.8, 4) is 0 Å². The van der Waals surface area contributed by atoms with Crippen molar-refractivity contribution >= 4 is 35.1 Å². The fourth-order valence-electron chi connectivity index (χ4n) is 2.46. The van der Waals surface area contributed by atoms with Crippen LogP contribution in [0.3, 0.4) is 0 Å². The van der Waals surface area contributed by atoms with Gasteiger partial charge in [-0.1, -0.05) is 17.8 Å². The number of hydrogen-bond donors (Lipinski definition) is 2. The number of rotatable bonds is 5. The van der Waals surface area contributed by atoms with Gasteiger partial charge in [0.2, 0.25) is 0 Å². The van der Waals surface area contributed by atoms with Crippen LogP contribution in [0.2, 0.25) is 0 Å². The van der Waals surface area contributed by atoms with Crippen molar-refractivity contribution in [2.75, 3.05) is 23.3 Å². The molecule has 1 fully saturated rings. The average Bonchev–Trinajstić information content (AvgIpc) is 3.01. The highest BCUT2D eigenvalue weighted by Gasteiger charge is 2.21. The largest absolute Gasteiger partial charge is 0.336 e. The predicted octanol–water partition coefficient (Wildman–Crippen LogP) is 3.78. The van der Waals surface area contributed by atoms with Gasteiger partial charge >= 0.3 is 6.03 Å². The number of hydrogen-bond acceptors (Lipinski definition) is 3. The number of benzene rings is 2. The Balaban J connectivity index is 1.69. The van der Waals surface area contributed by atoms with Gasteiger partial charge in [-0.2, -0.15) is 8.78 Å². The zero-order chi connectivity index (χ0) is 17.8. The number of anilines is 2. The van der Waals surface area contributed by atoms with E-state index in [-0.39, 0.29) is 11.9 Å². The average molecular weight is 363 g/mol. The van der Waals surface area contributed by atoms with Gasteiger partial charge in [0.05, 0.1) is 0 Å². The number of nitrogens with zero attached hydrogens (tertiary/aromatic N) is 1. The first-order valence-electron chi connectivity index (χ1n) is 7.54. The lowest BCUT2D eigenvalue weighted by atomic mass is 10.2. The van der Waals surface area contributed by atoms with Gasteiger partial charge in [0.15, 0.2) is 0 Å². The molecule has 3 rings (SSSR count). The molecule has 0 spiro atoms. The van der Waals surface area contributed by atoms with E-state index in [0.29, 0.717) is 46.7 Å². The second-order valence-corrected chi connectivity index (χ2v) is 6.35. The number of urea groups is 1. The Labute approximate surface area is 147 Å². The molecule has 130 valence electrons. The monoisotopic (exact) mass is 363 g/mol. The smallest absolute Gasteiger partial charge is 0.321 e. The molecule has 1 aliphatic heterocycles. The molecule has 5 nitrogen and oxygen atoms in total. The summed E-state index contributed by atoms with van der Waals surface area (Å²) in [5, 5.41) is 5.46. The number of halogens is 2. The molecule has 3 amide bonds. The standard InChI is InChI=1S/C17H15F2N3O2S/c18-16(19)25-14-6-4-11(5-7-14)15(23)21-12-2-1-3-13(10-12)22-9-8-20-17(22)24/h1-7,10,16H,8-9H2,(H,20,24)(H,21,23). The highest BCUT2D eigenvalue weighted by molar-refractivity contribution is 7.99. The van der Waals surface area contributed by atoms with Gasteiger partial charge in [-0.15, -0.1) is 0 Å². The zero-order valence-corrected chi connectivity index (χ0v) is 13.9. The predicted molar refractivity (Wildman–Crippen MR) is 93.4 cm³/mol. The molecule has 1 heterocycles. The Morgan fingerprint density at radius 2 is 1.96 bits per heavy atom. The zero-order valence-electron chi connectivity index (χ0n) is 13.0. The molecule has 0 bridgehead atoms. The van der Waals surface area contributed by atoms with Crippen molar-refractivity contribution in [1.29, 1.82) is 0 Å². The summed E-state index contributed by atoms with van der Waals surface area (Å²) < 4.78 is 24.6. The highest BCUT2D eigenvalue weighted by Crippen LogP contribution is 2.26. The SMILES string of the molecule is O=C(Nc1cccc(N2CCNC2=O)c1)c1ccc(SC(F)F)cc1. The number of amides is 3. The Kier molecular flexibility index (Phi) is 5.18. The third-order valence-corrected chi connectivity index (χ3v) is 4.34. The molecule has 0 radical (unpaired) electrons. The Morgan fingerprint density at radius 1 is 1.20 bits per heavy atom. The quantitative estimate of drug-likeness (QED) is 0.795. The molecule has 0 aromatic heterocycles. The summed E-state index contributed by atoms with van der Waals surface area (Å²) in [6, 6.07) is 12.8. The van der Waals surface area contributed by atoms with Gasteiger partial charge in [-0.05, 0) is 42.5 Å². The van der Waals surface area contributed by atoms with Crippen molar-refractivity contribution in [3.05, 3.63) is 54.1 Å². The van der Waals surface area contributed by atoms with Gasteiger partial charge in [-0.25, -0.2) is 4.79 Å². The van der Waals surface area contributed by atoms with Gasteiger partial charge in [0, 0.05) is 34.9 Å². The second kappa shape index (κ2) is 7.52. The minimum Gasteiger partial charge on any atom is -0.336 e. The Bertz CT molecular complexity index is 784. The summed E-state index contributed by atoms with van der Waals surface area (Å²) in [6.07, 6.45) is 0. The Morgan fingerprint density at radius 3 is 2.60 bits per heavy atom. The van der Waals surface area contributed by atoms with Crippen molar-refractivity contribution < 1.29 is 18.4 Å². The van der Waals surface area contributed by atoms with Crippen molar-refractivity contribution in [3.63, 3.8) is 0 Å². The van der Waals surface area contributed by atoms with Gasteiger partial charge in [-0.3, -0.25) is 9.69 Å². The van der Waals surface area contributed by atoms with Crippen LogP contribution in [0, 0.1) is 0 Å². The third-order valence-electron chi connectivity index (χ3n) is 3.61. The van der Waals surface area contributed by atoms with Crippen LogP contribution in [0.25, 0.3) is 0 Å². The summed E-state index contributed by atoms with van der Waals surface area (Å²) >= 11 is 0.431. The van der Waals surface area contributed by atoms with E-state index in [2.05, 4.69) is 10.6 Å². The molecule has 2 aromatic rings. The fourth-order valence-corrected chi connectivity index (χ4v) is 2.96. The van der Waals surface area contributed by atoms with Crippen molar-refractivity contribution in [2.45, 2.75) is 10.7 Å². The third kappa shape index (κ3) is 4.27. The molecule has 1 saturated heterocycles. The topological polar surface area (TPSA) is 61.4 Å². The van der Waals surface area contributed by atoms with Gasteiger partial charge < -0.3 is 10.6 Å². The van der Waals surface area contributed by atoms with Crippen LogP contribution >= 0.6 is 11.8 Å². The molecule has 2 N–H and O–H groups in total. The molecule has 2 aromatic carbocycles. The number of alkyl halides is 2. The molecule has 8 heteroatoms. The van der Waals surface area contributed by atoms with E-state index < -0.39 is 5.76 Å². The summed E-state index contributed by atoms with van der Waals surface area (Å²) in [5.74, 6) is -2.85. The lowest BCUT2D eigenvalue weighted by Gasteiger charge is -2.15. The summed E-state index contributed by atoms with van der Waals surface area (Å²) in [7, 11) is 0. The van der Waals surface area contributed by atoms with E-state index in [1.54, 1.807) is 29.2 Å². The van der Waals surface area contributed by atoms with Crippen LogP contribution in [0.1, 0.15) is 10.4 Å². The molecule has 0 aliphatic carbocycles. The molecule has 1 aliphatic rings. The van der Waals surface area contributed by atoms with Gasteiger partial charge in [0.25, 0.3) is 11.7 Å². The van der Waals surface area contributed by atoms with Crippen molar-refractivity contribution in [2.24, 2.45) is 0 Å². The van der Waals surface area contributed by atoms with E-state index >= 15 is 0 Å². The maximum atomic E-state index is 12.3. The molecule has 0 atom stereocenters. The number of carbonyl (C=O) groups is 2. The molecular weight excluding hydrogens is 348 g/mol. The van der Waals surface area contributed by atoms with Crippen molar-refractivity contribution in [1.82, 2.24) is 5.32 Å². The van der Waals surface area contributed by atoms with Gasteiger partial charge in [0.1, 0.15) is 0 Å². The summed E-state index contributed by atoms with van der Waals surface area (Å²) in [4.78, 5) is 26.0. The first-order chi connectivity index (χ1) is 12.0. The lowest BCUT2D eigenvalue weighted by molar-refractivity contribution is 0.102. The Hall–Kier alpha value is -2.61. The summed E-state index contributed by atoms with van der Waals surface area (Å²) in [5.41, 5.74) is 1.60. The van der Waals surface area contributed by atoms with Crippen LogP contribution in [-0.2, 0) is 0 Å². The van der Waals surface area contributed by atoms with E-state index in [1.807, 2.05) is 0 Å². The van der Waals surface area contributed by atoms with E-state index in [4.69, 9.17) is 0 Å². The summed E-state index contributed by atoms with van der Waals surface area (Å²) in [6.45, 7) is 1.15. The maximum absolute atomic E-state index is 12.3. The van der Waals surface area contributed by atoms with Crippen LogP contribution in [-0.4, -0.2) is 30.8 Å². The lowest BCUT2D eigenvalue weighted by Crippen LogP contribution is -2.27. The van der Waals surface area contributed by atoms with Crippen LogP contribution < -0.4 is 15.5 Å². The van der Waals surface area contributed by atoms with E-state index in [0.717, 1.165) is 0 Å². The maximum Gasteiger partial charge on any atom is 0.321 e. The minimum absolute atomic E-state index is 0.171. The number of carbonyl (C=O) groups excluding carboxylic acids is 2. The van der Waals surface area contributed by atoms with E-state index in [9.17, 15) is 18.4 Å². The molecule has 25 heavy (non-hydrogen) atoms. The highest BCUT2D eigenvalue weighted by atomic mass is 32.2. The molecular formula is C17H15F2N3O2S. The number of thioether (sulfide) groups is 1. The van der Waals surface area contributed by atoms with E-state index in [1.165, 1.54) is 24.3 Å². The minimum atomic E-state index is -2.50. The van der Waals surface area contributed by atoms with Crippen LogP contribution in [0.15, 0.2) is 53.4 Å². The first-order valence-corrected chi connectivity index (χ1v) is 8.42. The molecule has 0 unspecified atom stereocenters. The fraction of sp³-hybridized carbons (Fsp3) is 0.176. The number of nitrogens with one attached hydrogen (secondary N) is 2. The second-order valence-electron chi connectivity index (χ2n) is 5.29. The normalized spacial score (nSPS) is 13.9. The molecule has 0 saturated carbocycles. The van der Waals surface area contributed by atoms with Crippen LogP contribution in [0.5, 0.6) is 0 Å².